The van der Waals surface area contributed by atoms with E-state index in [1.807, 2.05) is 13.0 Å². The first kappa shape index (κ1) is 9.56. The molecule has 72 valence electrons. The number of hydrogen-bond donors (Lipinski definition) is 1. The van der Waals surface area contributed by atoms with Crippen LogP contribution in [0.4, 0.5) is 5.69 Å². The van der Waals surface area contributed by atoms with Gasteiger partial charge in [-0.25, -0.2) is 4.98 Å². The van der Waals surface area contributed by atoms with Crippen molar-refractivity contribution in [2.45, 2.75) is 6.92 Å². The monoisotopic (exact) mass is 226 g/mol. The van der Waals surface area contributed by atoms with Crippen molar-refractivity contribution >= 4 is 39.8 Å². The molecule has 14 heavy (non-hydrogen) atoms. The van der Waals surface area contributed by atoms with Gasteiger partial charge < -0.3 is 5.73 Å². The van der Waals surface area contributed by atoms with Crippen LogP contribution in [0.25, 0.3) is 10.9 Å². The van der Waals surface area contributed by atoms with Gasteiger partial charge in [-0.2, -0.15) is 0 Å². The molecule has 2 rings (SSSR count). The molecular weight excluding hydrogens is 219 g/mol. The Labute approximate surface area is 91.6 Å². The third-order valence-corrected chi connectivity index (χ3v) is 2.74. The van der Waals surface area contributed by atoms with Gasteiger partial charge >= 0.3 is 0 Å². The van der Waals surface area contributed by atoms with Crippen LogP contribution >= 0.6 is 23.2 Å². The van der Waals surface area contributed by atoms with Crippen LogP contribution in [-0.4, -0.2) is 4.98 Å². The summed E-state index contributed by atoms with van der Waals surface area (Å²) in [5.41, 5.74) is 7.93. The van der Waals surface area contributed by atoms with E-state index in [-0.39, 0.29) is 0 Å². The number of fused-ring (bicyclic) bond motifs is 1. The first-order valence-corrected chi connectivity index (χ1v) is 4.86. The molecule has 0 aliphatic carbocycles. The quantitative estimate of drug-likeness (QED) is 0.700. The Kier molecular flexibility index (Phi) is 2.25. The average Bonchev–Trinajstić information content (AvgIpc) is 2.15. The molecular formula is C10H8Cl2N2. The van der Waals surface area contributed by atoms with Gasteiger partial charge in [0, 0.05) is 5.39 Å². The molecule has 0 atom stereocenters. The van der Waals surface area contributed by atoms with E-state index < -0.39 is 0 Å². The molecule has 0 spiro atoms. The highest BCUT2D eigenvalue weighted by atomic mass is 35.5. The van der Waals surface area contributed by atoms with Crippen molar-refractivity contribution in [1.29, 1.82) is 0 Å². The maximum atomic E-state index is 5.99. The molecule has 2 aromatic rings. The topological polar surface area (TPSA) is 38.9 Å². The van der Waals surface area contributed by atoms with Gasteiger partial charge in [-0.05, 0) is 24.6 Å². The predicted molar refractivity (Wildman–Crippen MR) is 60.9 cm³/mol. The maximum Gasteiger partial charge on any atom is 0.152 e. The van der Waals surface area contributed by atoms with Crippen LogP contribution in [0.15, 0.2) is 18.2 Å². The Morgan fingerprint density at radius 2 is 2.00 bits per heavy atom. The van der Waals surface area contributed by atoms with E-state index in [1.165, 1.54) is 0 Å². The molecule has 2 N–H and O–H groups in total. The summed E-state index contributed by atoms with van der Waals surface area (Å²) in [5.74, 6) is 0. The highest BCUT2D eigenvalue weighted by Crippen LogP contribution is 2.29. The van der Waals surface area contributed by atoms with E-state index in [0.29, 0.717) is 21.4 Å². The zero-order chi connectivity index (χ0) is 10.3. The third kappa shape index (κ3) is 1.41. The zero-order valence-corrected chi connectivity index (χ0v) is 9.02. The third-order valence-electron chi connectivity index (χ3n) is 2.13. The lowest BCUT2D eigenvalue weighted by Gasteiger charge is -2.05. The van der Waals surface area contributed by atoms with Crippen LogP contribution in [0.1, 0.15) is 5.56 Å². The molecule has 0 unspecified atom stereocenters. The summed E-state index contributed by atoms with van der Waals surface area (Å²) >= 11 is 11.8. The van der Waals surface area contributed by atoms with Crippen LogP contribution in [-0.2, 0) is 0 Å². The second-order valence-corrected chi connectivity index (χ2v) is 3.89. The van der Waals surface area contributed by atoms with Gasteiger partial charge in [0.2, 0.25) is 0 Å². The molecule has 4 heteroatoms. The molecule has 1 aromatic carbocycles. The lowest BCUT2D eigenvalue weighted by Crippen LogP contribution is -1.92. The highest BCUT2D eigenvalue weighted by molar-refractivity contribution is 6.36. The van der Waals surface area contributed by atoms with Crippen LogP contribution < -0.4 is 5.73 Å². The molecule has 0 saturated carbocycles. The molecule has 0 bridgehead atoms. The summed E-state index contributed by atoms with van der Waals surface area (Å²) in [5, 5.41) is 1.83. The number of aryl methyl sites for hydroxylation is 1. The summed E-state index contributed by atoms with van der Waals surface area (Å²) in [6.45, 7) is 1.98. The van der Waals surface area contributed by atoms with Gasteiger partial charge in [-0.1, -0.05) is 29.3 Å². The van der Waals surface area contributed by atoms with Crippen LogP contribution in [0.5, 0.6) is 0 Å². The van der Waals surface area contributed by atoms with Crippen LogP contribution in [0.2, 0.25) is 10.2 Å². The summed E-state index contributed by atoms with van der Waals surface area (Å²) in [7, 11) is 0. The second kappa shape index (κ2) is 3.30. The fourth-order valence-corrected chi connectivity index (χ4v) is 1.70. The summed E-state index contributed by atoms with van der Waals surface area (Å²) in [6, 6.07) is 5.53. The van der Waals surface area contributed by atoms with Crippen molar-refractivity contribution in [3.8, 4) is 0 Å². The minimum atomic E-state index is 0.296. The van der Waals surface area contributed by atoms with Gasteiger partial charge in [-0.15, -0.1) is 0 Å². The van der Waals surface area contributed by atoms with Crippen LogP contribution in [0.3, 0.4) is 0 Å². The van der Waals surface area contributed by atoms with E-state index in [9.17, 15) is 0 Å². The Morgan fingerprint density at radius 1 is 1.29 bits per heavy atom. The maximum absolute atomic E-state index is 5.99. The Balaban J connectivity index is 2.94. The lowest BCUT2D eigenvalue weighted by molar-refractivity contribution is 1.39. The number of aromatic nitrogens is 1. The number of nitrogens with zero attached hydrogens (tertiary/aromatic N) is 1. The number of anilines is 1. The number of nitrogens with two attached hydrogens (primary N) is 1. The van der Waals surface area contributed by atoms with Crippen molar-refractivity contribution in [3.63, 3.8) is 0 Å². The zero-order valence-electron chi connectivity index (χ0n) is 7.51. The molecule has 0 radical (unpaired) electrons. The molecule has 2 nitrogen and oxygen atoms in total. The van der Waals surface area contributed by atoms with Gasteiger partial charge in [0.05, 0.1) is 16.2 Å². The number of hydrogen-bond acceptors (Lipinski definition) is 2. The number of nitrogen functional groups attached to an aromatic ring is 1. The minimum Gasteiger partial charge on any atom is -0.396 e. The van der Waals surface area contributed by atoms with Crippen LogP contribution in [0, 0.1) is 6.92 Å². The standard InChI is InChI=1S/C10H8Cl2N2/c1-5-2-3-7(11)9-6(5)4-8(13)10(12)14-9/h2-4H,13H2,1H3. The normalized spacial score (nSPS) is 10.8. The average molecular weight is 227 g/mol. The minimum absolute atomic E-state index is 0.296. The number of halogens is 2. The molecule has 0 aliphatic rings. The SMILES string of the molecule is Cc1ccc(Cl)c2nc(Cl)c(N)cc12. The smallest absolute Gasteiger partial charge is 0.152 e. The summed E-state index contributed by atoms with van der Waals surface area (Å²) < 4.78 is 0. The predicted octanol–water partition coefficient (Wildman–Crippen LogP) is 3.43. The Bertz CT molecular complexity index is 462. The molecule has 1 heterocycles. The fraction of sp³-hybridized carbons (Fsp3) is 0.100. The van der Waals surface area contributed by atoms with Crippen molar-refractivity contribution in [3.05, 3.63) is 33.9 Å². The Morgan fingerprint density at radius 3 is 2.71 bits per heavy atom. The molecule has 0 fully saturated rings. The first-order chi connectivity index (χ1) is 6.59. The summed E-state index contributed by atoms with van der Waals surface area (Å²) in [4.78, 5) is 4.14. The largest absolute Gasteiger partial charge is 0.396 e. The van der Waals surface area contributed by atoms with E-state index in [0.717, 1.165) is 10.9 Å². The first-order valence-electron chi connectivity index (χ1n) is 4.10. The van der Waals surface area contributed by atoms with E-state index in [2.05, 4.69) is 4.98 Å². The Hall–Kier alpha value is -0.990. The fourth-order valence-electron chi connectivity index (χ4n) is 1.36. The van der Waals surface area contributed by atoms with Crippen molar-refractivity contribution in [2.75, 3.05) is 5.73 Å². The number of pyridine rings is 1. The van der Waals surface area contributed by atoms with E-state index >= 15 is 0 Å². The van der Waals surface area contributed by atoms with Gasteiger partial charge in [0.15, 0.2) is 5.15 Å². The highest BCUT2D eigenvalue weighted by Gasteiger charge is 2.06. The van der Waals surface area contributed by atoms with E-state index in [4.69, 9.17) is 28.9 Å². The second-order valence-electron chi connectivity index (χ2n) is 3.13. The summed E-state index contributed by atoms with van der Waals surface area (Å²) in [6.07, 6.45) is 0. The van der Waals surface area contributed by atoms with Crippen molar-refractivity contribution in [2.24, 2.45) is 0 Å². The molecule has 0 aliphatic heterocycles. The van der Waals surface area contributed by atoms with Gasteiger partial charge in [-0.3, -0.25) is 0 Å². The van der Waals surface area contributed by atoms with Gasteiger partial charge in [0.25, 0.3) is 0 Å². The van der Waals surface area contributed by atoms with E-state index in [1.54, 1.807) is 12.1 Å². The molecule has 0 amide bonds. The lowest BCUT2D eigenvalue weighted by atomic mass is 10.1. The van der Waals surface area contributed by atoms with Crippen molar-refractivity contribution < 1.29 is 0 Å². The molecule has 1 aromatic heterocycles. The number of benzene rings is 1. The number of rotatable bonds is 0. The molecule has 0 saturated heterocycles. The van der Waals surface area contributed by atoms with Gasteiger partial charge in [0.1, 0.15) is 0 Å². The van der Waals surface area contributed by atoms with Crippen molar-refractivity contribution in [1.82, 2.24) is 4.98 Å².